The highest BCUT2D eigenvalue weighted by Crippen LogP contribution is 2.35. The number of ether oxygens (including phenoxy) is 2. The molecule has 0 radical (unpaired) electrons. The second-order valence-corrected chi connectivity index (χ2v) is 7.79. The van der Waals surface area contributed by atoms with Crippen LogP contribution >= 0.6 is 12.2 Å². The van der Waals surface area contributed by atoms with Gasteiger partial charge in [-0.3, -0.25) is 0 Å². The fourth-order valence-corrected chi connectivity index (χ4v) is 3.99. The number of methoxy groups -OCH3 is 2. The van der Waals surface area contributed by atoms with Crippen molar-refractivity contribution in [2.75, 3.05) is 50.6 Å². The van der Waals surface area contributed by atoms with Crippen LogP contribution in [-0.4, -0.2) is 60.4 Å². The number of benzene rings is 2. The number of halogens is 3. The van der Waals surface area contributed by atoms with Gasteiger partial charge in [0, 0.05) is 43.3 Å². The Labute approximate surface area is 194 Å². The Hall–Kier alpha value is -3.34. The van der Waals surface area contributed by atoms with Crippen LogP contribution in [0.25, 0.3) is 10.9 Å². The predicted molar refractivity (Wildman–Crippen MR) is 124 cm³/mol. The molecule has 0 bridgehead atoms. The summed E-state index contributed by atoms with van der Waals surface area (Å²) in [7, 11) is 3.16. The van der Waals surface area contributed by atoms with Crippen molar-refractivity contribution in [2.45, 2.75) is 6.18 Å². The molecule has 0 spiro atoms. The van der Waals surface area contributed by atoms with E-state index in [1.165, 1.54) is 18.5 Å². The molecule has 3 aromatic rings. The molecule has 1 saturated heterocycles. The maximum atomic E-state index is 12.7. The first-order chi connectivity index (χ1) is 15.8. The van der Waals surface area contributed by atoms with E-state index < -0.39 is 11.7 Å². The van der Waals surface area contributed by atoms with Crippen LogP contribution in [0.15, 0.2) is 42.7 Å². The van der Waals surface area contributed by atoms with Crippen molar-refractivity contribution >= 4 is 39.7 Å². The minimum atomic E-state index is -4.37. The highest BCUT2D eigenvalue weighted by molar-refractivity contribution is 7.80. The highest BCUT2D eigenvalue weighted by atomic mass is 32.1. The Morgan fingerprint density at radius 2 is 1.61 bits per heavy atom. The molecule has 4 rings (SSSR count). The van der Waals surface area contributed by atoms with E-state index in [1.807, 2.05) is 17.0 Å². The lowest BCUT2D eigenvalue weighted by Gasteiger charge is -2.37. The molecule has 33 heavy (non-hydrogen) atoms. The predicted octanol–water partition coefficient (Wildman–Crippen LogP) is 4.18. The molecule has 1 aliphatic rings. The molecule has 2 heterocycles. The number of hydrogen-bond donors (Lipinski definition) is 1. The van der Waals surface area contributed by atoms with Gasteiger partial charge in [0.15, 0.2) is 16.6 Å². The summed E-state index contributed by atoms with van der Waals surface area (Å²) < 4.78 is 49.0. The Kier molecular flexibility index (Phi) is 6.41. The quantitative estimate of drug-likeness (QED) is 0.562. The number of piperazine rings is 1. The Bertz CT molecular complexity index is 1150. The summed E-state index contributed by atoms with van der Waals surface area (Å²) in [5.41, 5.74) is 0.566. The zero-order valence-corrected chi connectivity index (χ0v) is 18.8. The molecule has 1 aromatic heterocycles. The Balaban J connectivity index is 1.43. The average molecular weight is 478 g/mol. The summed E-state index contributed by atoms with van der Waals surface area (Å²) in [6, 6.07) is 8.50. The number of hydrogen-bond acceptors (Lipinski definition) is 6. The summed E-state index contributed by atoms with van der Waals surface area (Å²) in [6.45, 7) is 2.58. The molecule has 11 heteroatoms. The van der Waals surface area contributed by atoms with Crippen molar-refractivity contribution in [3.8, 4) is 11.5 Å². The SMILES string of the molecule is COc1cc2ncnc(N3CCN(C(=S)Nc4ccc(C(F)(F)F)cc4)CC3)c2cc1OC. The topological polar surface area (TPSA) is 62.8 Å². The first-order valence-electron chi connectivity index (χ1n) is 10.1. The van der Waals surface area contributed by atoms with Gasteiger partial charge in [-0.1, -0.05) is 0 Å². The summed E-state index contributed by atoms with van der Waals surface area (Å²) in [5.74, 6) is 1.99. The van der Waals surface area contributed by atoms with Gasteiger partial charge < -0.3 is 24.6 Å². The highest BCUT2D eigenvalue weighted by Gasteiger charge is 2.30. The van der Waals surface area contributed by atoms with Gasteiger partial charge in [0.1, 0.15) is 12.1 Å². The average Bonchev–Trinajstić information content (AvgIpc) is 2.82. The molecule has 0 unspecified atom stereocenters. The van der Waals surface area contributed by atoms with Gasteiger partial charge in [0.25, 0.3) is 0 Å². The maximum absolute atomic E-state index is 12.7. The summed E-state index contributed by atoms with van der Waals surface area (Å²) in [6.07, 6.45) is -2.84. The number of thiocarbonyl (C=S) groups is 1. The number of fused-ring (bicyclic) bond motifs is 1. The van der Waals surface area contributed by atoms with Gasteiger partial charge in [0.2, 0.25) is 0 Å². The van der Waals surface area contributed by atoms with Crippen LogP contribution in [0.5, 0.6) is 11.5 Å². The minimum Gasteiger partial charge on any atom is -0.493 e. The maximum Gasteiger partial charge on any atom is 0.416 e. The number of nitrogens with zero attached hydrogens (tertiary/aromatic N) is 4. The molecular formula is C22H22F3N5O2S. The molecular weight excluding hydrogens is 455 g/mol. The van der Waals surface area contributed by atoms with E-state index in [0.29, 0.717) is 48.5 Å². The van der Waals surface area contributed by atoms with E-state index in [9.17, 15) is 13.2 Å². The van der Waals surface area contributed by atoms with Crippen LogP contribution in [0.2, 0.25) is 0 Å². The molecule has 1 N–H and O–H groups in total. The van der Waals surface area contributed by atoms with Crippen molar-refractivity contribution in [1.82, 2.24) is 14.9 Å². The molecule has 174 valence electrons. The molecule has 1 fully saturated rings. The molecule has 0 aliphatic carbocycles. The standard InChI is InChI=1S/C22H22F3N5O2S/c1-31-18-11-16-17(12-19(18)32-2)26-13-27-20(16)29-7-9-30(10-8-29)21(33)28-15-5-3-14(4-6-15)22(23,24)25/h3-6,11-13H,7-10H2,1-2H3,(H,28,33). The molecule has 0 atom stereocenters. The van der Waals surface area contributed by atoms with Crippen LogP contribution in [0.3, 0.4) is 0 Å². The number of aromatic nitrogens is 2. The third-order valence-electron chi connectivity index (χ3n) is 5.45. The second-order valence-electron chi connectivity index (χ2n) is 7.40. The smallest absolute Gasteiger partial charge is 0.416 e. The molecule has 7 nitrogen and oxygen atoms in total. The normalized spacial score (nSPS) is 14.3. The van der Waals surface area contributed by atoms with Gasteiger partial charge in [-0.25, -0.2) is 9.97 Å². The minimum absolute atomic E-state index is 0.466. The summed E-state index contributed by atoms with van der Waals surface area (Å²) in [5, 5.41) is 4.34. The van der Waals surface area contributed by atoms with Gasteiger partial charge in [-0.05, 0) is 42.5 Å². The largest absolute Gasteiger partial charge is 0.493 e. The second kappa shape index (κ2) is 9.26. The number of rotatable bonds is 4. The van der Waals surface area contributed by atoms with Crippen LogP contribution in [0, 0.1) is 0 Å². The zero-order valence-electron chi connectivity index (χ0n) is 18.0. The van der Waals surface area contributed by atoms with Crippen LogP contribution in [-0.2, 0) is 6.18 Å². The summed E-state index contributed by atoms with van der Waals surface area (Å²) >= 11 is 5.47. The lowest BCUT2D eigenvalue weighted by atomic mass is 10.2. The van der Waals surface area contributed by atoms with Crippen molar-refractivity contribution in [3.63, 3.8) is 0 Å². The van der Waals surface area contributed by atoms with E-state index in [4.69, 9.17) is 21.7 Å². The van der Waals surface area contributed by atoms with Crippen molar-refractivity contribution < 1.29 is 22.6 Å². The number of nitrogens with one attached hydrogen (secondary N) is 1. The van der Waals surface area contributed by atoms with Gasteiger partial charge in [0.05, 0.1) is 25.3 Å². The molecule has 2 aromatic carbocycles. The van der Waals surface area contributed by atoms with E-state index in [1.54, 1.807) is 14.2 Å². The van der Waals surface area contributed by atoms with Crippen molar-refractivity contribution in [2.24, 2.45) is 0 Å². The van der Waals surface area contributed by atoms with Gasteiger partial charge in [-0.15, -0.1) is 0 Å². The van der Waals surface area contributed by atoms with E-state index >= 15 is 0 Å². The first-order valence-corrected chi connectivity index (χ1v) is 10.6. The first kappa shape index (κ1) is 22.8. The van der Waals surface area contributed by atoms with Crippen molar-refractivity contribution in [3.05, 3.63) is 48.3 Å². The molecule has 0 saturated carbocycles. The fourth-order valence-electron chi connectivity index (χ4n) is 3.69. The number of anilines is 2. The van der Waals surface area contributed by atoms with E-state index in [-0.39, 0.29) is 0 Å². The zero-order chi connectivity index (χ0) is 23.6. The van der Waals surface area contributed by atoms with Crippen molar-refractivity contribution in [1.29, 1.82) is 0 Å². The van der Waals surface area contributed by atoms with Gasteiger partial charge in [-0.2, -0.15) is 13.2 Å². The third-order valence-corrected chi connectivity index (χ3v) is 5.81. The van der Waals surface area contributed by atoms with Crippen LogP contribution < -0.4 is 19.7 Å². The lowest BCUT2D eigenvalue weighted by Crippen LogP contribution is -2.50. The van der Waals surface area contributed by atoms with Crippen LogP contribution in [0.4, 0.5) is 24.7 Å². The Morgan fingerprint density at radius 1 is 0.970 bits per heavy atom. The summed E-state index contributed by atoms with van der Waals surface area (Å²) in [4.78, 5) is 13.0. The third kappa shape index (κ3) is 4.87. The van der Waals surface area contributed by atoms with E-state index in [2.05, 4.69) is 20.2 Å². The molecule has 0 amide bonds. The number of alkyl halides is 3. The van der Waals surface area contributed by atoms with Gasteiger partial charge >= 0.3 is 6.18 Å². The monoisotopic (exact) mass is 477 g/mol. The fraction of sp³-hybridized carbons (Fsp3) is 0.318. The van der Waals surface area contributed by atoms with Crippen LogP contribution in [0.1, 0.15) is 5.56 Å². The van der Waals surface area contributed by atoms with E-state index in [0.717, 1.165) is 28.9 Å². The Morgan fingerprint density at radius 3 is 2.21 bits per heavy atom. The lowest BCUT2D eigenvalue weighted by molar-refractivity contribution is -0.137. The molecule has 1 aliphatic heterocycles.